The molecule has 0 unspecified atom stereocenters. The zero-order valence-corrected chi connectivity index (χ0v) is 18.2. The van der Waals surface area contributed by atoms with Gasteiger partial charge in [-0.3, -0.25) is 4.79 Å². The van der Waals surface area contributed by atoms with Gasteiger partial charge in [0, 0.05) is 37.3 Å². The number of rotatable bonds is 7. The van der Waals surface area contributed by atoms with Crippen molar-refractivity contribution in [2.75, 3.05) is 37.0 Å². The van der Waals surface area contributed by atoms with Gasteiger partial charge in [-0.25, -0.2) is 9.97 Å². The molecule has 0 atom stereocenters. The van der Waals surface area contributed by atoms with E-state index < -0.39 is 0 Å². The Morgan fingerprint density at radius 3 is 2.73 bits per heavy atom. The molecular formula is C25H24N6O2. The van der Waals surface area contributed by atoms with Crippen LogP contribution in [-0.4, -0.2) is 47.6 Å². The van der Waals surface area contributed by atoms with Crippen LogP contribution in [0.2, 0.25) is 0 Å². The van der Waals surface area contributed by atoms with Crippen LogP contribution in [0.15, 0.2) is 73.1 Å². The van der Waals surface area contributed by atoms with Crippen LogP contribution in [0.4, 0.5) is 17.6 Å². The van der Waals surface area contributed by atoms with Crippen LogP contribution in [-0.2, 0) is 0 Å². The summed E-state index contributed by atoms with van der Waals surface area (Å²) < 4.78 is 6.02. The van der Waals surface area contributed by atoms with Crippen molar-refractivity contribution in [1.29, 1.82) is 0 Å². The van der Waals surface area contributed by atoms with Crippen LogP contribution in [0.1, 0.15) is 10.4 Å². The van der Waals surface area contributed by atoms with Crippen molar-refractivity contribution in [3.8, 4) is 5.75 Å². The maximum Gasteiger partial charge on any atom is 0.251 e. The summed E-state index contributed by atoms with van der Waals surface area (Å²) >= 11 is 0. The second-order valence-electron chi connectivity index (χ2n) is 7.98. The predicted octanol–water partition coefficient (Wildman–Crippen LogP) is 3.64. The summed E-state index contributed by atoms with van der Waals surface area (Å²) in [6, 6.07) is 21.6. The Kier molecular flexibility index (Phi) is 5.72. The molecule has 1 fully saturated rings. The average molecular weight is 441 g/mol. The summed E-state index contributed by atoms with van der Waals surface area (Å²) in [5, 5.41) is 8.15. The summed E-state index contributed by atoms with van der Waals surface area (Å²) in [7, 11) is 1.61. The third-order valence-corrected chi connectivity index (χ3v) is 5.61. The Hall–Kier alpha value is -4.20. The molecule has 0 spiro atoms. The molecular weight excluding hydrogens is 416 g/mol. The summed E-state index contributed by atoms with van der Waals surface area (Å²) in [6.07, 6.45) is 1.49. The number of nitrogens with one attached hydrogen (secondary N) is 2. The molecule has 8 heteroatoms. The van der Waals surface area contributed by atoms with E-state index >= 15 is 0 Å². The van der Waals surface area contributed by atoms with E-state index in [1.54, 1.807) is 19.2 Å². The number of benzene rings is 3. The quantitative estimate of drug-likeness (QED) is 0.453. The van der Waals surface area contributed by atoms with Gasteiger partial charge in [-0.15, -0.1) is 0 Å². The van der Waals surface area contributed by atoms with E-state index in [9.17, 15) is 4.79 Å². The second kappa shape index (κ2) is 9.12. The smallest absolute Gasteiger partial charge is 0.251 e. The second-order valence-corrected chi connectivity index (χ2v) is 7.98. The van der Waals surface area contributed by atoms with Gasteiger partial charge in [0.05, 0.1) is 6.61 Å². The molecule has 2 N–H and O–H groups in total. The first-order valence-corrected chi connectivity index (χ1v) is 10.8. The topological polar surface area (TPSA) is 92.3 Å². The summed E-state index contributed by atoms with van der Waals surface area (Å²) in [6.45, 7) is 2.30. The number of nitrogens with zero attached hydrogens (tertiary/aromatic N) is 4. The Balaban J connectivity index is 1.16. The van der Waals surface area contributed by atoms with Gasteiger partial charge < -0.3 is 20.3 Å². The molecule has 1 saturated heterocycles. The lowest BCUT2D eigenvalue weighted by Crippen LogP contribution is -2.50. The van der Waals surface area contributed by atoms with Crippen molar-refractivity contribution in [3.63, 3.8) is 0 Å². The fraction of sp³-hybridized carbons (Fsp3) is 0.200. The first kappa shape index (κ1) is 20.7. The van der Waals surface area contributed by atoms with Crippen LogP contribution in [0.25, 0.3) is 10.8 Å². The summed E-state index contributed by atoms with van der Waals surface area (Å²) in [5.41, 5.74) is 1.30. The van der Waals surface area contributed by atoms with Crippen molar-refractivity contribution in [3.05, 3.63) is 78.6 Å². The first-order chi connectivity index (χ1) is 16.2. The highest BCUT2D eigenvalue weighted by molar-refractivity contribution is 5.95. The third kappa shape index (κ3) is 4.69. The average Bonchev–Trinajstić information content (AvgIpc) is 2.83. The van der Waals surface area contributed by atoms with Crippen molar-refractivity contribution in [2.45, 2.75) is 0 Å². The maximum atomic E-state index is 11.8. The van der Waals surface area contributed by atoms with Crippen molar-refractivity contribution < 1.29 is 9.53 Å². The number of hydrogen-bond acceptors (Lipinski definition) is 7. The van der Waals surface area contributed by atoms with Crippen LogP contribution >= 0.6 is 0 Å². The van der Waals surface area contributed by atoms with E-state index in [0.29, 0.717) is 30.0 Å². The molecule has 0 saturated carbocycles. The van der Waals surface area contributed by atoms with Gasteiger partial charge in [0.2, 0.25) is 11.9 Å². The fourth-order valence-electron chi connectivity index (χ4n) is 3.82. The van der Waals surface area contributed by atoms with Gasteiger partial charge in [0.1, 0.15) is 12.1 Å². The highest BCUT2D eigenvalue weighted by Crippen LogP contribution is 2.25. The highest BCUT2D eigenvalue weighted by Gasteiger charge is 2.29. The van der Waals surface area contributed by atoms with Gasteiger partial charge in [-0.2, -0.15) is 4.98 Å². The molecule has 166 valence electrons. The number of amides is 1. The molecule has 1 aromatic heterocycles. The van der Waals surface area contributed by atoms with Gasteiger partial charge in [0.25, 0.3) is 5.91 Å². The standard InChI is InChI=1S/C25H24N6O2/c1-26-23(32)20-7-4-8-21(11-20)29-24-27-16-28-25(30-24)31-13-17(14-31)15-33-22-10-9-18-5-2-3-6-19(18)12-22/h2-12,16-17H,13-15H2,1H3,(H,26,32)(H,27,28,29,30). The van der Waals surface area contributed by atoms with Gasteiger partial charge in [0.15, 0.2) is 0 Å². The van der Waals surface area contributed by atoms with E-state index in [-0.39, 0.29) is 5.91 Å². The number of aromatic nitrogens is 3. The molecule has 0 bridgehead atoms. The van der Waals surface area contributed by atoms with Crippen molar-refractivity contribution in [2.24, 2.45) is 5.92 Å². The number of ether oxygens (including phenoxy) is 1. The molecule has 8 nitrogen and oxygen atoms in total. The number of anilines is 3. The van der Waals surface area contributed by atoms with Crippen LogP contribution < -0.4 is 20.3 Å². The molecule has 0 radical (unpaired) electrons. The largest absolute Gasteiger partial charge is 0.493 e. The van der Waals surface area contributed by atoms with Gasteiger partial charge in [-0.1, -0.05) is 36.4 Å². The Morgan fingerprint density at radius 1 is 1.03 bits per heavy atom. The minimum Gasteiger partial charge on any atom is -0.493 e. The van der Waals surface area contributed by atoms with Crippen LogP contribution in [0.3, 0.4) is 0 Å². The normalized spacial score (nSPS) is 13.4. The van der Waals surface area contributed by atoms with E-state index in [0.717, 1.165) is 24.5 Å². The zero-order valence-electron chi connectivity index (χ0n) is 18.2. The number of fused-ring (bicyclic) bond motifs is 1. The number of carbonyl (C=O) groups excluding carboxylic acids is 1. The summed E-state index contributed by atoms with van der Waals surface area (Å²) in [4.78, 5) is 27.0. The third-order valence-electron chi connectivity index (χ3n) is 5.61. The lowest BCUT2D eigenvalue weighted by atomic mass is 10.0. The monoisotopic (exact) mass is 440 g/mol. The number of hydrogen-bond donors (Lipinski definition) is 2. The van der Waals surface area contributed by atoms with E-state index in [1.807, 2.05) is 30.3 Å². The van der Waals surface area contributed by atoms with Gasteiger partial charge in [-0.05, 0) is 41.1 Å². The van der Waals surface area contributed by atoms with Crippen LogP contribution in [0, 0.1) is 5.92 Å². The van der Waals surface area contributed by atoms with Gasteiger partial charge >= 0.3 is 0 Å². The van der Waals surface area contributed by atoms with E-state index in [2.05, 4.69) is 54.8 Å². The molecule has 5 rings (SSSR count). The van der Waals surface area contributed by atoms with Crippen LogP contribution in [0.5, 0.6) is 5.75 Å². The minimum absolute atomic E-state index is 0.146. The lowest BCUT2D eigenvalue weighted by Gasteiger charge is -2.38. The number of carbonyl (C=O) groups is 1. The molecule has 33 heavy (non-hydrogen) atoms. The van der Waals surface area contributed by atoms with E-state index in [1.165, 1.54) is 17.1 Å². The molecule has 1 aliphatic heterocycles. The predicted molar refractivity (Wildman–Crippen MR) is 128 cm³/mol. The molecule has 4 aromatic rings. The molecule has 0 aliphatic carbocycles. The summed E-state index contributed by atoms with van der Waals surface area (Å²) in [5.74, 6) is 2.21. The maximum absolute atomic E-state index is 11.8. The van der Waals surface area contributed by atoms with Crippen molar-refractivity contribution >= 4 is 34.3 Å². The SMILES string of the molecule is CNC(=O)c1cccc(Nc2ncnc(N3CC(COc4ccc5ccccc5c4)C3)n2)c1. The fourth-order valence-corrected chi connectivity index (χ4v) is 3.82. The minimum atomic E-state index is -0.146. The lowest BCUT2D eigenvalue weighted by molar-refractivity contribution is 0.0963. The Labute approximate surface area is 191 Å². The molecule has 2 heterocycles. The molecule has 3 aromatic carbocycles. The Morgan fingerprint density at radius 2 is 1.88 bits per heavy atom. The highest BCUT2D eigenvalue weighted by atomic mass is 16.5. The van der Waals surface area contributed by atoms with Crippen molar-refractivity contribution in [1.82, 2.24) is 20.3 Å². The molecule has 1 aliphatic rings. The first-order valence-electron chi connectivity index (χ1n) is 10.8. The van der Waals surface area contributed by atoms with E-state index in [4.69, 9.17) is 4.74 Å². The Bertz CT molecular complexity index is 1290. The molecule has 1 amide bonds. The zero-order chi connectivity index (χ0) is 22.6.